The molecule has 4 rings (SSSR count). The van der Waals surface area contributed by atoms with Crippen LogP contribution in [0.5, 0.6) is 0 Å². The SMILES string of the molecule is Cc1cc(CN(O)C(=O)CN2CCN(C)CC2)ccc1Nc1ccc(N2CCCCC2)cc1. The van der Waals surface area contributed by atoms with Crippen molar-refractivity contribution < 1.29 is 10.0 Å². The summed E-state index contributed by atoms with van der Waals surface area (Å²) >= 11 is 0. The highest BCUT2D eigenvalue weighted by atomic mass is 16.5. The van der Waals surface area contributed by atoms with Gasteiger partial charge in [-0.2, -0.15) is 0 Å². The van der Waals surface area contributed by atoms with Crippen molar-refractivity contribution in [2.24, 2.45) is 0 Å². The molecule has 178 valence electrons. The first-order chi connectivity index (χ1) is 16.0. The van der Waals surface area contributed by atoms with Crippen LogP contribution in [0.25, 0.3) is 0 Å². The topological polar surface area (TPSA) is 62.3 Å². The minimum Gasteiger partial charge on any atom is -0.372 e. The van der Waals surface area contributed by atoms with Gasteiger partial charge in [0.05, 0.1) is 13.1 Å². The first-order valence-corrected chi connectivity index (χ1v) is 12.1. The molecule has 7 heteroatoms. The third-order valence-corrected chi connectivity index (χ3v) is 6.73. The Labute approximate surface area is 197 Å². The summed E-state index contributed by atoms with van der Waals surface area (Å²) in [6.45, 7) is 8.40. The summed E-state index contributed by atoms with van der Waals surface area (Å²) in [5.41, 5.74) is 5.35. The molecule has 2 aliphatic rings. The maximum absolute atomic E-state index is 12.4. The van der Waals surface area contributed by atoms with E-state index in [1.54, 1.807) is 0 Å². The molecule has 2 aromatic rings. The Morgan fingerprint density at radius 2 is 1.67 bits per heavy atom. The fourth-order valence-corrected chi connectivity index (χ4v) is 4.57. The van der Waals surface area contributed by atoms with E-state index in [0.29, 0.717) is 0 Å². The second-order valence-corrected chi connectivity index (χ2v) is 9.40. The van der Waals surface area contributed by atoms with Gasteiger partial charge >= 0.3 is 0 Å². The second kappa shape index (κ2) is 11.0. The zero-order valence-corrected chi connectivity index (χ0v) is 20.0. The van der Waals surface area contributed by atoms with Crippen LogP contribution in [0, 0.1) is 6.92 Å². The normalized spacial score (nSPS) is 17.7. The van der Waals surface area contributed by atoms with E-state index < -0.39 is 0 Å². The molecular formula is C26H37N5O2. The number of hydrogen-bond acceptors (Lipinski definition) is 6. The Bertz CT molecular complexity index is 919. The van der Waals surface area contributed by atoms with Crippen molar-refractivity contribution in [1.29, 1.82) is 0 Å². The Kier molecular flexibility index (Phi) is 7.85. The van der Waals surface area contributed by atoms with Gasteiger partial charge in [0.15, 0.2) is 0 Å². The summed E-state index contributed by atoms with van der Waals surface area (Å²) in [7, 11) is 2.09. The van der Waals surface area contributed by atoms with Gasteiger partial charge in [0, 0.05) is 56.3 Å². The molecule has 0 saturated carbocycles. The van der Waals surface area contributed by atoms with Gasteiger partial charge in [0.1, 0.15) is 0 Å². The van der Waals surface area contributed by atoms with Crippen LogP contribution >= 0.6 is 0 Å². The average molecular weight is 452 g/mol. The van der Waals surface area contributed by atoms with Crippen LogP contribution in [-0.4, -0.2) is 78.8 Å². The number of nitrogens with zero attached hydrogens (tertiary/aromatic N) is 4. The standard InChI is InChI=1S/C26H37N5O2/c1-21-18-22(19-31(33)26(32)20-29-16-14-28(2)15-17-29)6-11-25(21)27-23-7-9-24(10-8-23)30-12-4-3-5-13-30/h6-11,18,27,33H,3-5,12-17,19-20H2,1-2H3. The van der Waals surface area contributed by atoms with Crippen LogP contribution in [0.4, 0.5) is 17.1 Å². The van der Waals surface area contributed by atoms with Crippen LogP contribution in [0.3, 0.4) is 0 Å². The van der Waals surface area contributed by atoms with Crippen LogP contribution in [0.1, 0.15) is 30.4 Å². The van der Waals surface area contributed by atoms with E-state index in [1.807, 2.05) is 25.1 Å². The molecule has 0 aromatic heterocycles. The van der Waals surface area contributed by atoms with Crippen molar-refractivity contribution >= 4 is 23.0 Å². The molecule has 2 aliphatic heterocycles. The number of benzene rings is 2. The Balaban J connectivity index is 1.30. The minimum atomic E-state index is -0.256. The van der Waals surface area contributed by atoms with E-state index in [4.69, 9.17) is 0 Å². The lowest BCUT2D eigenvalue weighted by molar-refractivity contribution is -0.169. The minimum absolute atomic E-state index is 0.193. The van der Waals surface area contributed by atoms with Crippen molar-refractivity contribution in [2.45, 2.75) is 32.7 Å². The van der Waals surface area contributed by atoms with E-state index in [1.165, 1.54) is 24.9 Å². The number of hydroxylamine groups is 2. The monoisotopic (exact) mass is 451 g/mol. The van der Waals surface area contributed by atoms with E-state index in [2.05, 4.69) is 51.3 Å². The lowest BCUT2D eigenvalue weighted by Gasteiger charge is -2.32. The number of rotatable bonds is 7. The largest absolute Gasteiger partial charge is 0.372 e. The van der Waals surface area contributed by atoms with E-state index in [9.17, 15) is 10.0 Å². The first kappa shape index (κ1) is 23.5. The molecule has 0 radical (unpaired) electrons. The van der Waals surface area contributed by atoms with Gasteiger partial charge in [0.2, 0.25) is 0 Å². The third kappa shape index (κ3) is 6.47. The fraction of sp³-hybridized carbons (Fsp3) is 0.500. The molecule has 2 N–H and O–H groups in total. The molecular weight excluding hydrogens is 414 g/mol. The van der Waals surface area contributed by atoms with Crippen molar-refractivity contribution in [3.63, 3.8) is 0 Å². The lowest BCUT2D eigenvalue weighted by atomic mass is 10.1. The molecule has 2 aromatic carbocycles. The summed E-state index contributed by atoms with van der Waals surface area (Å²) < 4.78 is 0. The summed E-state index contributed by atoms with van der Waals surface area (Å²) in [6, 6.07) is 14.6. The van der Waals surface area contributed by atoms with Crippen molar-refractivity contribution in [3.8, 4) is 0 Å². The number of likely N-dealkylation sites (N-methyl/N-ethyl adjacent to an activating group) is 1. The highest BCUT2D eigenvalue weighted by Crippen LogP contribution is 2.26. The zero-order valence-electron chi connectivity index (χ0n) is 20.0. The van der Waals surface area contributed by atoms with Crippen LogP contribution in [-0.2, 0) is 11.3 Å². The molecule has 0 aliphatic carbocycles. The number of piperidine rings is 1. The number of aryl methyl sites for hydroxylation is 1. The number of carbonyl (C=O) groups excluding carboxylic acids is 1. The Hall–Kier alpha value is -2.61. The quantitative estimate of drug-likeness (QED) is 0.495. The van der Waals surface area contributed by atoms with Crippen LogP contribution in [0.15, 0.2) is 42.5 Å². The summed E-state index contributed by atoms with van der Waals surface area (Å²) in [5.74, 6) is -0.256. The average Bonchev–Trinajstić information content (AvgIpc) is 2.83. The van der Waals surface area contributed by atoms with E-state index in [-0.39, 0.29) is 19.0 Å². The van der Waals surface area contributed by atoms with Gasteiger partial charge in [-0.1, -0.05) is 12.1 Å². The third-order valence-electron chi connectivity index (χ3n) is 6.73. The number of carbonyl (C=O) groups is 1. The first-order valence-electron chi connectivity index (χ1n) is 12.1. The van der Waals surface area contributed by atoms with Gasteiger partial charge in [-0.15, -0.1) is 0 Å². The zero-order chi connectivity index (χ0) is 23.2. The molecule has 0 atom stereocenters. The molecule has 33 heavy (non-hydrogen) atoms. The summed E-state index contributed by atoms with van der Waals surface area (Å²) in [6.07, 6.45) is 3.89. The molecule has 1 amide bonds. The van der Waals surface area contributed by atoms with Gasteiger partial charge in [-0.25, -0.2) is 5.06 Å². The maximum atomic E-state index is 12.4. The van der Waals surface area contributed by atoms with Crippen LogP contribution < -0.4 is 10.2 Å². The highest BCUT2D eigenvalue weighted by Gasteiger charge is 2.20. The molecule has 0 bridgehead atoms. The number of amides is 1. The molecule has 2 saturated heterocycles. The summed E-state index contributed by atoms with van der Waals surface area (Å²) in [4.78, 5) is 19.2. The van der Waals surface area contributed by atoms with E-state index >= 15 is 0 Å². The highest BCUT2D eigenvalue weighted by molar-refractivity contribution is 5.77. The Morgan fingerprint density at radius 1 is 0.970 bits per heavy atom. The van der Waals surface area contributed by atoms with Gasteiger partial charge in [0.25, 0.3) is 5.91 Å². The van der Waals surface area contributed by atoms with Crippen molar-refractivity contribution in [2.75, 3.05) is 63.1 Å². The molecule has 0 spiro atoms. The fourth-order valence-electron chi connectivity index (χ4n) is 4.57. The smallest absolute Gasteiger partial charge is 0.260 e. The van der Waals surface area contributed by atoms with E-state index in [0.717, 1.165) is 66.8 Å². The van der Waals surface area contributed by atoms with Gasteiger partial charge in [-0.05, 0) is 74.7 Å². The maximum Gasteiger partial charge on any atom is 0.260 e. The molecule has 0 unspecified atom stereocenters. The number of hydrogen-bond donors (Lipinski definition) is 2. The Morgan fingerprint density at radius 3 is 2.33 bits per heavy atom. The van der Waals surface area contributed by atoms with Gasteiger partial charge < -0.3 is 15.1 Å². The van der Waals surface area contributed by atoms with Gasteiger partial charge in [-0.3, -0.25) is 14.9 Å². The van der Waals surface area contributed by atoms with Crippen molar-refractivity contribution in [1.82, 2.24) is 14.9 Å². The van der Waals surface area contributed by atoms with Crippen LogP contribution in [0.2, 0.25) is 0 Å². The number of nitrogens with one attached hydrogen (secondary N) is 1. The molecule has 2 fully saturated rings. The predicted octanol–water partition coefficient (Wildman–Crippen LogP) is 3.69. The molecule has 2 heterocycles. The van der Waals surface area contributed by atoms with Crippen molar-refractivity contribution in [3.05, 3.63) is 53.6 Å². The predicted molar refractivity (Wildman–Crippen MR) is 133 cm³/mol. The summed E-state index contributed by atoms with van der Waals surface area (Å²) in [5, 5.41) is 14.6. The lowest BCUT2D eigenvalue weighted by Crippen LogP contribution is -2.48. The number of anilines is 3. The second-order valence-electron chi connectivity index (χ2n) is 9.40. The number of piperazine rings is 1. The molecule has 7 nitrogen and oxygen atoms in total.